The minimum Gasteiger partial charge on any atom is -0.472 e. The van der Waals surface area contributed by atoms with E-state index in [-0.39, 0.29) is 0 Å². The third-order valence-corrected chi connectivity index (χ3v) is 2.49. The molecular formula is C9H13NO2. The fourth-order valence-electron chi connectivity index (χ4n) is 1.66. The van der Waals surface area contributed by atoms with Crippen molar-refractivity contribution in [1.29, 1.82) is 0 Å². The monoisotopic (exact) mass is 167 g/mol. The van der Waals surface area contributed by atoms with E-state index in [1.165, 1.54) is 0 Å². The molecule has 3 heteroatoms. The maximum atomic E-state index is 10.1. The number of furan rings is 1. The number of piperidine rings is 1. The van der Waals surface area contributed by atoms with Crippen LogP contribution in [-0.4, -0.2) is 18.2 Å². The van der Waals surface area contributed by atoms with Crippen molar-refractivity contribution in [2.45, 2.75) is 18.4 Å². The molecule has 1 aliphatic rings. The SMILES string of the molecule is OC1(c2ccoc2)CCNCC1. The number of rotatable bonds is 1. The van der Waals surface area contributed by atoms with Gasteiger partial charge in [-0.25, -0.2) is 0 Å². The topological polar surface area (TPSA) is 45.4 Å². The standard InChI is InChI=1S/C9H13NO2/c11-9(2-4-10-5-3-9)8-1-6-12-7-8/h1,6-7,10-11H,2-5H2. The summed E-state index contributed by atoms with van der Waals surface area (Å²) in [6.45, 7) is 1.75. The van der Waals surface area contributed by atoms with Crippen LogP contribution in [0, 0.1) is 0 Å². The van der Waals surface area contributed by atoms with Crippen LogP contribution < -0.4 is 5.32 Å². The van der Waals surface area contributed by atoms with E-state index in [0.29, 0.717) is 0 Å². The van der Waals surface area contributed by atoms with E-state index in [0.717, 1.165) is 31.5 Å². The summed E-state index contributed by atoms with van der Waals surface area (Å²) >= 11 is 0. The average Bonchev–Trinajstić information content (AvgIpc) is 2.58. The predicted octanol–water partition coefficient (Wildman–Crippen LogP) is 0.851. The van der Waals surface area contributed by atoms with Crippen molar-refractivity contribution in [3.05, 3.63) is 24.2 Å². The Morgan fingerprint density at radius 2 is 2.17 bits per heavy atom. The highest BCUT2D eigenvalue weighted by Gasteiger charge is 2.31. The van der Waals surface area contributed by atoms with Crippen LogP contribution >= 0.6 is 0 Å². The van der Waals surface area contributed by atoms with Crippen molar-refractivity contribution < 1.29 is 9.52 Å². The second kappa shape index (κ2) is 2.92. The van der Waals surface area contributed by atoms with Crippen molar-refractivity contribution in [3.8, 4) is 0 Å². The first-order valence-corrected chi connectivity index (χ1v) is 4.27. The Balaban J connectivity index is 2.19. The summed E-state index contributed by atoms with van der Waals surface area (Å²) in [5, 5.41) is 13.3. The van der Waals surface area contributed by atoms with Crippen LogP contribution in [0.4, 0.5) is 0 Å². The quantitative estimate of drug-likeness (QED) is 0.651. The van der Waals surface area contributed by atoms with E-state index in [1.807, 2.05) is 6.07 Å². The zero-order chi connectivity index (χ0) is 8.44. The van der Waals surface area contributed by atoms with Crippen LogP contribution in [0.3, 0.4) is 0 Å². The lowest BCUT2D eigenvalue weighted by Gasteiger charge is -2.31. The highest BCUT2D eigenvalue weighted by Crippen LogP contribution is 2.30. The van der Waals surface area contributed by atoms with Crippen LogP contribution in [0.25, 0.3) is 0 Å². The molecule has 0 radical (unpaired) electrons. The van der Waals surface area contributed by atoms with E-state index in [9.17, 15) is 5.11 Å². The summed E-state index contributed by atoms with van der Waals surface area (Å²) in [6, 6.07) is 1.84. The zero-order valence-electron chi connectivity index (χ0n) is 6.92. The third kappa shape index (κ3) is 1.26. The first-order chi connectivity index (χ1) is 5.81. The van der Waals surface area contributed by atoms with Gasteiger partial charge in [-0.3, -0.25) is 0 Å². The van der Waals surface area contributed by atoms with Crippen LogP contribution in [0.15, 0.2) is 23.0 Å². The van der Waals surface area contributed by atoms with Crippen LogP contribution in [0.1, 0.15) is 18.4 Å². The maximum Gasteiger partial charge on any atom is 0.0963 e. The van der Waals surface area contributed by atoms with E-state index in [2.05, 4.69) is 5.32 Å². The first kappa shape index (κ1) is 7.83. The smallest absolute Gasteiger partial charge is 0.0963 e. The average molecular weight is 167 g/mol. The minimum atomic E-state index is -0.655. The van der Waals surface area contributed by atoms with Crippen LogP contribution in [0.5, 0.6) is 0 Å². The number of hydrogen-bond acceptors (Lipinski definition) is 3. The van der Waals surface area contributed by atoms with E-state index in [4.69, 9.17) is 4.42 Å². The molecule has 12 heavy (non-hydrogen) atoms. The Kier molecular flexibility index (Phi) is 1.90. The van der Waals surface area contributed by atoms with Crippen molar-refractivity contribution in [2.24, 2.45) is 0 Å². The molecule has 0 aromatic carbocycles. The summed E-state index contributed by atoms with van der Waals surface area (Å²) in [7, 11) is 0. The molecule has 2 rings (SSSR count). The maximum absolute atomic E-state index is 10.1. The highest BCUT2D eigenvalue weighted by atomic mass is 16.3. The molecule has 2 N–H and O–H groups in total. The Hall–Kier alpha value is -0.800. The van der Waals surface area contributed by atoms with Gasteiger partial charge in [0.25, 0.3) is 0 Å². The van der Waals surface area contributed by atoms with Crippen molar-refractivity contribution in [2.75, 3.05) is 13.1 Å². The van der Waals surface area contributed by atoms with Crippen LogP contribution in [0.2, 0.25) is 0 Å². The molecule has 0 amide bonds. The summed E-state index contributed by atoms with van der Waals surface area (Å²) in [5.41, 5.74) is 0.252. The number of nitrogens with one attached hydrogen (secondary N) is 1. The zero-order valence-corrected chi connectivity index (χ0v) is 6.92. The molecule has 0 unspecified atom stereocenters. The fourth-order valence-corrected chi connectivity index (χ4v) is 1.66. The Morgan fingerprint density at radius 1 is 1.42 bits per heavy atom. The molecule has 2 heterocycles. The predicted molar refractivity (Wildman–Crippen MR) is 44.7 cm³/mol. The van der Waals surface area contributed by atoms with Gasteiger partial charge in [-0.15, -0.1) is 0 Å². The normalized spacial score (nSPS) is 22.4. The largest absolute Gasteiger partial charge is 0.472 e. The lowest BCUT2D eigenvalue weighted by molar-refractivity contribution is 0.00544. The molecule has 1 fully saturated rings. The summed E-state index contributed by atoms with van der Waals surface area (Å²) in [5.74, 6) is 0. The van der Waals surface area contributed by atoms with E-state index in [1.54, 1.807) is 12.5 Å². The van der Waals surface area contributed by atoms with Gasteiger partial charge >= 0.3 is 0 Å². The molecule has 1 aliphatic heterocycles. The Bertz CT molecular complexity index is 237. The molecule has 3 nitrogen and oxygen atoms in total. The van der Waals surface area contributed by atoms with Gasteiger partial charge in [0, 0.05) is 5.56 Å². The van der Waals surface area contributed by atoms with Gasteiger partial charge in [0.1, 0.15) is 0 Å². The molecule has 0 spiro atoms. The second-order valence-electron chi connectivity index (χ2n) is 3.29. The minimum absolute atomic E-state index is 0.655. The molecule has 1 aromatic heterocycles. The first-order valence-electron chi connectivity index (χ1n) is 4.27. The molecule has 1 saturated heterocycles. The van der Waals surface area contributed by atoms with Gasteiger partial charge in [-0.2, -0.15) is 0 Å². The van der Waals surface area contributed by atoms with Gasteiger partial charge in [0.2, 0.25) is 0 Å². The van der Waals surface area contributed by atoms with Crippen molar-refractivity contribution >= 4 is 0 Å². The van der Waals surface area contributed by atoms with E-state index < -0.39 is 5.60 Å². The van der Waals surface area contributed by atoms with Crippen molar-refractivity contribution in [1.82, 2.24) is 5.32 Å². The van der Waals surface area contributed by atoms with Gasteiger partial charge in [0.05, 0.1) is 18.1 Å². The van der Waals surface area contributed by atoms with Gasteiger partial charge in [-0.1, -0.05) is 0 Å². The molecule has 0 saturated carbocycles. The summed E-state index contributed by atoms with van der Waals surface area (Å²) in [4.78, 5) is 0. The second-order valence-corrected chi connectivity index (χ2v) is 3.29. The molecule has 0 aliphatic carbocycles. The lowest BCUT2D eigenvalue weighted by Crippen LogP contribution is -2.39. The highest BCUT2D eigenvalue weighted by molar-refractivity contribution is 5.17. The third-order valence-electron chi connectivity index (χ3n) is 2.49. The van der Waals surface area contributed by atoms with Crippen molar-refractivity contribution in [3.63, 3.8) is 0 Å². The number of aliphatic hydroxyl groups is 1. The molecular weight excluding hydrogens is 154 g/mol. The molecule has 66 valence electrons. The summed E-state index contributed by atoms with van der Waals surface area (Å²) in [6.07, 6.45) is 4.78. The Morgan fingerprint density at radius 3 is 2.75 bits per heavy atom. The van der Waals surface area contributed by atoms with Gasteiger partial charge < -0.3 is 14.8 Å². The molecule has 0 bridgehead atoms. The number of hydrogen-bond donors (Lipinski definition) is 2. The Labute approximate surface area is 71.4 Å². The van der Waals surface area contributed by atoms with Gasteiger partial charge in [0.15, 0.2) is 0 Å². The molecule has 1 aromatic rings. The van der Waals surface area contributed by atoms with Gasteiger partial charge in [-0.05, 0) is 32.0 Å². The molecule has 0 atom stereocenters. The summed E-state index contributed by atoms with van der Waals surface area (Å²) < 4.78 is 4.95. The van der Waals surface area contributed by atoms with E-state index >= 15 is 0 Å². The fraction of sp³-hybridized carbons (Fsp3) is 0.556. The van der Waals surface area contributed by atoms with Crippen LogP contribution in [-0.2, 0) is 5.60 Å². The lowest BCUT2D eigenvalue weighted by atomic mass is 9.87.